The standard InChI is InChI=1S/C24H19BrF3N7O2/c25-17-2-1-3-18(32-17)33-23(37)16-7-11-6-14(11)35(16)19(36)9-34-15-8-12(24(26,27)28)4-5-13(15)20-21(29)30-10-31-22(20)34/h1-5,8,10-11,14,16H,6-7,9H2,(H2,29,30,31)(H,32,33,37)/t11?,14-,16+/m1/s1. The van der Waals surface area contributed by atoms with Crippen molar-refractivity contribution < 1.29 is 22.8 Å². The number of carbonyl (C=O) groups excluding carboxylic acids is 2. The van der Waals surface area contributed by atoms with Crippen molar-refractivity contribution in [2.45, 2.75) is 37.6 Å². The highest BCUT2D eigenvalue weighted by atomic mass is 79.9. The van der Waals surface area contributed by atoms with Crippen molar-refractivity contribution in [2.75, 3.05) is 11.1 Å². The zero-order chi connectivity index (χ0) is 26.1. The van der Waals surface area contributed by atoms with Crippen LogP contribution in [0.2, 0.25) is 0 Å². The van der Waals surface area contributed by atoms with E-state index in [9.17, 15) is 22.8 Å². The number of likely N-dealkylation sites (tertiary alicyclic amines) is 1. The van der Waals surface area contributed by atoms with E-state index in [1.54, 1.807) is 23.1 Å². The normalized spacial score (nSPS) is 20.9. The molecule has 4 aromatic rings. The number of piperidine rings is 1. The summed E-state index contributed by atoms with van der Waals surface area (Å²) < 4.78 is 42.5. The van der Waals surface area contributed by atoms with Crippen molar-refractivity contribution in [3.05, 3.63) is 52.9 Å². The van der Waals surface area contributed by atoms with Crippen molar-refractivity contribution in [2.24, 2.45) is 5.92 Å². The number of nitrogens with one attached hydrogen (secondary N) is 1. The first-order chi connectivity index (χ1) is 17.6. The Morgan fingerprint density at radius 2 is 1.97 bits per heavy atom. The van der Waals surface area contributed by atoms with Crippen LogP contribution in [0.4, 0.5) is 24.8 Å². The van der Waals surface area contributed by atoms with Crippen LogP contribution in [0.15, 0.2) is 47.3 Å². The van der Waals surface area contributed by atoms with Crippen LogP contribution in [0.5, 0.6) is 0 Å². The number of nitrogens with two attached hydrogens (primary N) is 1. The number of alkyl halides is 3. The van der Waals surface area contributed by atoms with Gasteiger partial charge in [0.05, 0.1) is 16.5 Å². The van der Waals surface area contributed by atoms with E-state index < -0.39 is 17.8 Å². The lowest BCUT2D eigenvalue weighted by Crippen LogP contribution is -2.46. The minimum Gasteiger partial charge on any atom is -0.383 e. The third kappa shape index (κ3) is 4.06. The van der Waals surface area contributed by atoms with Crippen LogP contribution in [0.1, 0.15) is 18.4 Å². The van der Waals surface area contributed by atoms with Gasteiger partial charge in [-0.25, -0.2) is 15.0 Å². The van der Waals surface area contributed by atoms with Gasteiger partial charge < -0.3 is 20.5 Å². The summed E-state index contributed by atoms with van der Waals surface area (Å²) in [4.78, 5) is 40.7. The molecule has 4 heterocycles. The van der Waals surface area contributed by atoms with Crippen LogP contribution in [0, 0.1) is 5.92 Å². The van der Waals surface area contributed by atoms with E-state index in [2.05, 4.69) is 36.2 Å². The molecule has 0 spiro atoms. The van der Waals surface area contributed by atoms with E-state index >= 15 is 0 Å². The van der Waals surface area contributed by atoms with Crippen molar-refractivity contribution in [1.29, 1.82) is 0 Å². The molecule has 0 radical (unpaired) electrons. The average molecular weight is 574 g/mol. The molecule has 1 aliphatic carbocycles. The Morgan fingerprint density at radius 1 is 1.16 bits per heavy atom. The Kier molecular flexibility index (Phi) is 5.37. The van der Waals surface area contributed by atoms with Gasteiger partial charge in [0.1, 0.15) is 40.8 Å². The van der Waals surface area contributed by atoms with Crippen molar-refractivity contribution in [3.63, 3.8) is 0 Å². The first kappa shape index (κ1) is 23.6. The molecular formula is C24H19BrF3N7O2. The summed E-state index contributed by atoms with van der Waals surface area (Å²) in [6.45, 7) is -0.306. The molecule has 1 unspecified atom stereocenters. The fourth-order valence-electron chi connectivity index (χ4n) is 5.22. The fraction of sp³-hybridized carbons (Fsp3) is 0.292. The topological polar surface area (TPSA) is 119 Å². The average Bonchev–Trinajstić information content (AvgIpc) is 3.38. The molecule has 13 heteroatoms. The van der Waals surface area contributed by atoms with E-state index in [4.69, 9.17) is 5.73 Å². The van der Waals surface area contributed by atoms with E-state index in [1.165, 1.54) is 17.0 Å². The smallest absolute Gasteiger partial charge is 0.383 e. The Hall–Kier alpha value is -3.74. The number of hydrogen-bond acceptors (Lipinski definition) is 6. The van der Waals surface area contributed by atoms with Crippen LogP contribution in [-0.2, 0) is 22.3 Å². The number of benzene rings is 1. The highest BCUT2D eigenvalue weighted by Gasteiger charge is 2.56. The predicted molar refractivity (Wildman–Crippen MR) is 132 cm³/mol. The van der Waals surface area contributed by atoms with Crippen LogP contribution in [-0.4, -0.2) is 48.3 Å². The Labute approximate surface area is 216 Å². The van der Waals surface area contributed by atoms with Gasteiger partial charge in [-0.15, -0.1) is 0 Å². The maximum atomic E-state index is 13.6. The van der Waals surface area contributed by atoms with E-state index in [1.807, 2.05) is 0 Å². The molecule has 0 bridgehead atoms. The summed E-state index contributed by atoms with van der Waals surface area (Å²) in [5, 5.41) is 3.54. The number of rotatable bonds is 4. The van der Waals surface area contributed by atoms with Crippen LogP contribution in [0.3, 0.4) is 0 Å². The summed E-state index contributed by atoms with van der Waals surface area (Å²) in [5.41, 5.74) is 5.60. The number of nitrogens with zero attached hydrogens (tertiary/aromatic N) is 5. The highest BCUT2D eigenvalue weighted by molar-refractivity contribution is 9.10. The molecule has 1 saturated heterocycles. The van der Waals surface area contributed by atoms with Crippen molar-refractivity contribution in [3.8, 4) is 0 Å². The van der Waals surface area contributed by atoms with E-state index in [0.29, 0.717) is 27.6 Å². The van der Waals surface area contributed by atoms with E-state index in [0.717, 1.165) is 18.6 Å². The second-order valence-corrected chi connectivity index (χ2v) is 10.0. The van der Waals surface area contributed by atoms with Gasteiger partial charge in [-0.2, -0.15) is 13.2 Å². The monoisotopic (exact) mass is 573 g/mol. The largest absolute Gasteiger partial charge is 0.416 e. The molecule has 2 fully saturated rings. The maximum Gasteiger partial charge on any atom is 0.416 e. The highest BCUT2D eigenvalue weighted by Crippen LogP contribution is 2.48. The summed E-state index contributed by atoms with van der Waals surface area (Å²) >= 11 is 3.26. The third-order valence-corrected chi connectivity index (χ3v) is 7.39. The molecule has 2 aliphatic rings. The van der Waals surface area contributed by atoms with Crippen LogP contribution < -0.4 is 11.1 Å². The van der Waals surface area contributed by atoms with Crippen LogP contribution in [0.25, 0.3) is 21.9 Å². The summed E-state index contributed by atoms with van der Waals surface area (Å²) in [5.74, 6) is -0.0899. The molecule has 3 atom stereocenters. The number of pyridine rings is 1. The number of carbonyl (C=O) groups is 2. The molecule has 3 aromatic heterocycles. The van der Waals surface area contributed by atoms with Gasteiger partial charge in [-0.1, -0.05) is 12.1 Å². The zero-order valence-corrected chi connectivity index (χ0v) is 20.6. The lowest BCUT2D eigenvalue weighted by atomic mass is 10.1. The third-order valence-electron chi connectivity index (χ3n) is 6.95. The predicted octanol–water partition coefficient (Wildman–Crippen LogP) is 3.97. The first-order valence-electron chi connectivity index (χ1n) is 11.5. The molecule has 1 aliphatic heterocycles. The summed E-state index contributed by atoms with van der Waals surface area (Å²) in [6, 6.07) is 7.56. The van der Waals surface area contributed by atoms with Gasteiger partial charge in [-0.05, 0) is 59.0 Å². The van der Waals surface area contributed by atoms with Gasteiger partial charge in [0.15, 0.2) is 0 Å². The number of aromatic nitrogens is 4. The SMILES string of the molecule is Nc1ncnc2c1c1ccc(C(F)(F)F)cc1n2CC(=O)N1[C@@H]2CC2C[C@H]1C(=O)Nc1cccc(Br)n1. The Balaban J connectivity index is 1.35. The van der Waals surface area contributed by atoms with Gasteiger partial charge in [0, 0.05) is 11.4 Å². The van der Waals surface area contributed by atoms with Gasteiger partial charge in [0.2, 0.25) is 11.8 Å². The Bertz CT molecular complexity index is 1590. The molecule has 6 rings (SSSR count). The zero-order valence-electron chi connectivity index (χ0n) is 19.0. The van der Waals surface area contributed by atoms with Gasteiger partial charge in [-0.3, -0.25) is 9.59 Å². The summed E-state index contributed by atoms with van der Waals surface area (Å²) in [6.07, 6.45) is -2.07. The quantitative estimate of drug-likeness (QED) is 0.356. The van der Waals surface area contributed by atoms with Crippen LogP contribution >= 0.6 is 15.9 Å². The number of halogens is 4. The summed E-state index contributed by atoms with van der Waals surface area (Å²) in [7, 11) is 0. The molecule has 3 N–H and O–H groups in total. The molecule has 1 saturated carbocycles. The minimum atomic E-state index is -4.57. The molecular weight excluding hydrogens is 555 g/mol. The molecule has 37 heavy (non-hydrogen) atoms. The second kappa shape index (κ2) is 8.40. The molecule has 9 nitrogen and oxygen atoms in total. The van der Waals surface area contributed by atoms with Gasteiger partial charge >= 0.3 is 6.18 Å². The lowest BCUT2D eigenvalue weighted by molar-refractivity contribution is -0.138. The number of anilines is 2. The number of nitrogen functional groups attached to an aromatic ring is 1. The van der Waals surface area contributed by atoms with Crippen molar-refractivity contribution in [1.82, 2.24) is 24.4 Å². The van der Waals surface area contributed by atoms with E-state index in [-0.39, 0.29) is 47.3 Å². The first-order valence-corrected chi connectivity index (χ1v) is 12.3. The van der Waals surface area contributed by atoms with Crippen molar-refractivity contribution >= 4 is 61.3 Å². The molecule has 2 amide bonds. The number of hydrogen-bond donors (Lipinski definition) is 2. The minimum absolute atomic E-state index is 0.0859. The number of fused-ring (bicyclic) bond motifs is 4. The fourth-order valence-corrected chi connectivity index (χ4v) is 5.57. The number of amides is 2. The maximum absolute atomic E-state index is 13.6. The second-order valence-electron chi connectivity index (χ2n) is 9.22. The Morgan fingerprint density at radius 3 is 2.73 bits per heavy atom. The molecule has 1 aromatic carbocycles. The van der Waals surface area contributed by atoms with Gasteiger partial charge in [0.25, 0.3) is 0 Å². The molecule has 190 valence electrons. The lowest BCUT2D eigenvalue weighted by Gasteiger charge is -2.27.